The van der Waals surface area contributed by atoms with Crippen molar-refractivity contribution < 1.29 is 4.79 Å². The highest BCUT2D eigenvalue weighted by Gasteiger charge is 2.28. The third-order valence-electron chi connectivity index (χ3n) is 12.5. The van der Waals surface area contributed by atoms with Crippen LogP contribution in [0.15, 0.2) is 200 Å². The first-order valence-electron chi connectivity index (χ1n) is 20.1. The Hall–Kier alpha value is -7.95. The number of ketones is 1. The van der Waals surface area contributed by atoms with Crippen LogP contribution in [0.3, 0.4) is 0 Å². The normalized spacial score (nSPS) is 12.4. The van der Waals surface area contributed by atoms with E-state index >= 15 is 0 Å². The number of rotatable bonds is 5. The van der Waals surface area contributed by atoms with Gasteiger partial charge >= 0.3 is 0 Å². The van der Waals surface area contributed by atoms with Crippen molar-refractivity contribution >= 4 is 98.8 Å². The molecule has 0 saturated carbocycles. The van der Waals surface area contributed by atoms with Gasteiger partial charge in [-0.2, -0.15) is 0 Å². The van der Waals surface area contributed by atoms with Gasteiger partial charge in [-0.3, -0.25) is 4.79 Å². The molecule has 0 amide bonds. The summed E-state index contributed by atoms with van der Waals surface area (Å²) in [4.78, 5) is 16.8. The van der Waals surface area contributed by atoms with Gasteiger partial charge in [-0.1, -0.05) is 121 Å². The zero-order chi connectivity index (χ0) is 38.8. The van der Waals surface area contributed by atoms with E-state index in [0.717, 1.165) is 93.9 Å². The molecular weight excluding hydrogens is 719 g/mol. The maximum atomic E-state index is 14.3. The SMILES string of the molecule is O=C1c2cccc3ccc4cc(N(c5ccc6c(c5)c5ccccc5n6-c5ccccc5)c5ccc6c(c5)c5ccccc5n6-c5ccccc5)c5cccc1c5c4c23. The molecule has 0 radical (unpaired) electrons. The molecule has 0 fully saturated rings. The Morgan fingerprint density at radius 2 is 0.831 bits per heavy atom. The Bertz CT molecular complexity index is 3590. The van der Waals surface area contributed by atoms with Crippen molar-refractivity contribution in [3.63, 3.8) is 0 Å². The molecule has 13 rings (SSSR count). The van der Waals surface area contributed by atoms with Gasteiger partial charge in [0.15, 0.2) is 5.78 Å². The van der Waals surface area contributed by atoms with Crippen LogP contribution in [-0.2, 0) is 0 Å². The predicted octanol–water partition coefficient (Wildman–Crippen LogP) is 14.4. The van der Waals surface area contributed by atoms with E-state index in [2.05, 4.69) is 190 Å². The molecule has 4 heteroatoms. The molecule has 0 unspecified atom stereocenters. The standard InChI is InChI=1S/C55H33N3O/c59-55-43-21-11-13-34-25-26-35-31-51(42-20-12-22-44(55)54(42)53(35)52(34)43)56(38-27-29-49-45(32-38)40-18-7-9-23-47(40)57(49)36-14-3-1-4-15-36)39-28-30-50-46(33-39)41-19-8-10-24-48(41)58(50)37-16-5-2-6-17-37/h1-33H. The lowest BCUT2D eigenvalue weighted by Crippen LogP contribution is -2.13. The summed E-state index contributed by atoms with van der Waals surface area (Å²) in [5, 5.41) is 11.2. The number of carbonyl (C=O) groups excluding carboxylic acids is 1. The lowest BCUT2D eigenvalue weighted by atomic mass is 9.83. The van der Waals surface area contributed by atoms with Crippen LogP contribution >= 0.6 is 0 Å². The minimum absolute atomic E-state index is 0.0789. The molecule has 1 aliphatic carbocycles. The summed E-state index contributed by atoms with van der Waals surface area (Å²) in [6.07, 6.45) is 0. The van der Waals surface area contributed by atoms with Crippen molar-refractivity contribution in [2.45, 2.75) is 0 Å². The van der Waals surface area contributed by atoms with E-state index in [4.69, 9.17) is 0 Å². The number of nitrogens with zero attached hydrogens (tertiary/aromatic N) is 3. The Morgan fingerprint density at radius 3 is 1.44 bits per heavy atom. The number of hydrogen-bond donors (Lipinski definition) is 0. The van der Waals surface area contributed by atoms with Gasteiger partial charge in [-0.25, -0.2) is 0 Å². The largest absolute Gasteiger partial charge is 0.310 e. The molecule has 2 heterocycles. The van der Waals surface area contributed by atoms with Gasteiger partial charge in [-0.05, 0) is 95.0 Å². The van der Waals surface area contributed by atoms with Crippen LogP contribution in [0.2, 0.25) is 0 Å². The molecule has 0 saturated heterocycles. The summed E-state index contributed by atoms with van der Waals surface area (Å²) in [5.41, 5.74) is 11.5. The Labute approximate surface area is 339 Å². The number of carbonyl (C=O) groups is 1. The molecule has 0 aliphatic heterocycles. The lowest BCUT2D eigenvalue weighted by molar-refractivity contribution is 0.104. The van der Waals surface area contributed by atoms with Gasteiger partial charge in [-0.15, -0.1) is 0 Å². The quantitative estimate of drug-likeness (QED) is 0.164. The van der Waals surface area contributed by atoms with Crippen LogP contribution in [0.25, 0.3) is 87.3 Å². The monoisotopic (exact) mass is 751 g/mol. The minimum Gasteiger partial charge on any atom is -0.310 e. The highest BCUT2D eigenvalue weighted by atomic mass is 16.1. The van der Waals surface area contributed by atoms with Crippen molar-refractivity contribution in [3.05, 3.63) is 211 Å². The number of anilines is 3. The summed E-state index contributed by atoms with van der Waals surface area (Å²) in [7, 11) is 0. The van der Waals surface area contributed by atoms with Gasteiger partial charge in [0.25, 0.3) is 0 Å². The number of hydrogen-bond acceptors (Lipinski definition) is 2. The topological polar surface area (TPSA) is 30.2 Å². The molecule has 12 aromatic rings. The zero-order valence-electron chi connectivity index (χ0n) is 31.8. The molecule has 2 aromatic heterocycles. The molecule has 274 valence electrons. The fraction of sp³-hybridized carbons (Fsp3) is 0. The third-order valence-corrected chi connectivity index (χ3v) is 12.5. The number of aromatic nitrogens is 2. The molecule has 10 aromatic carbocycles. The Morgan fingerprint density at radius 1 is 0.339 bits per heavy atom. The Balaban J connectivity index is 1.14. The first kappa shape index (κ1) is 32.2. The van der Waals surface area contributed by atoms with Crippen molar-refractivity contribution in [2.24, 2.45) is 0 Å². The summed E-state index contributed by atoms with van der Waals surface area (Å²) in [5.74, 6) is 0.0789. The van der Waals surface area contributed by atoms with Crippen LogP contribution < -0.4 is 4.90 Å². The first-order chi connectivity index (χ1) is 29.2. The van der Waals surface area contributed by atoms with Crippen LogP contribution in [0, 0.1) is 0 Å². The summed E-state index contributed by atoms with van der Waals surface area (Å²) in [6.45, 7) is 0. The van der Waals surface area contributed by atoms with Crippen LogP contribution in [-0.4, -0.2) is 14.9 Å². The molecule has 0 N–H and O–H groups in total. The maximum Gasteiger partial charge on any atom is 0.194 e. The van der Waals surface area contributed by atoms with Gasteiger partial charge in [0.05, 0.1) is 27.8 Å². The molecule has 59 heavy (non-hydrogen) atoms. The molecule has 1 aliphatic rings. The van der Waals surface area contributed by atoms with E-state index < -0.39 is 0 Å². The second kappa shape index (κ2) is 12.0. The zero-order valence-corrected chi connectivity index (χ0v) is 31.8. The predicted molar refractivity (Wildman–Crippen MR) is 246 cm³/mol. The van der Waals surface area contributed by atoms with E-state index in [0.29, 0.717) is 0 Å². The number of para-hydroxylation sites is 4. The molecule has 0 spiro atoms. The van der Waals surface area contributed by atoms with E-state index in [-0.39, 0.29) is 5.78 Å². The average Bonchev–Trinajstić information content (AvgIpc) is 3.81. The van der Waals surface area contributed by atoms with E-state index in [1.807, 2.05) is 24.3 Å². The maximum absolute atomic E-state index is 14.3. The highest BCUT2D eigenvalue weighted by molar-refractivity contribution is 6.38. The smallest absolute Gasteiger partial charge is 0.194 e. The van der Waals surface area contributed by atoms with E-state index in [9.17, 15) is 4.79 Å². The van der Waals surface area contributed by atoms with Gasteiger partial charge in [0, 0.05) is 71.6 Å². The third kappa shape index (κ3) is 4.46. The Kier molecular flexibility index (Phi) is 6.56. The van der Waals surface area contributed by atoms with Crippen LogP contribution in [0.1, 0.15) is 15.9 Å². The summed E-state index contributed by atoms with van der Waals surface area (Å²) < 4.78 is 4.72. The highest BCUT2D eigenvalue weighted by Crippen LogP contribution is 2.49. The fourth-order valence-corrected chi connectivity index (χ4v) is 10.1. The van der Waals surface area contributed by atoms with Crippen molar-refractivity contribution in [1.82, 2.24) is 9.13 Å². The molecule has 0 bridgehead atoms. The van der Waals surface area contributed by atoms with E-state index in [1.165, 1.54) is 21.5 Å². The lowest BCUT2D eigenvalue weighted by Gasteiger charge is -2.29. The summed E-state index contributed by atoms with van der Waals surface area (Å²) >= 11 is 0. The van der Waals surface area contributed by atoms with Crippen LogP contribution in [0.5, 0.6) is 0 Å². The van der Waals surface area contributed by atoms with Crippen LogP contribution in [0.4, 0.5) is 17.1 Å². The number of fused-ring (bicyclic) bond motifs is 6. The molecular formula is C55H33N3O. The first-order valence-corrected chi connectivity index (χ1v) is 20.1. The molecule has 0 atom stereocenters. The van der Waals surface area contributed by atoms with Crippen molar-refractivity contribution in [2.75, 3.05) is 4.90 Å². The molecule has 4 nitrogen and oxygen atoms in total. The second-order valence-electron chi connectivity index (χ2n) is 15.6. The van der Waals surface area contributed by atoms with Gasteiger partial charge in [0.2, 0.25) is 0 Å². The average molecular weight is 752 g/mol. The van der Waals surface area contributed by atoms with Crippen molar-refractivity contribution in [1.29, 1.82) is 0 Å². The summed E-state index contributed by atoms with van der Waals surface area (Å²) in [6, 6.07) is 71.4. The second-order valence-corrected chi connectivity index (χ2v) is 15.6. The minimum atomic E-state index is 0.0789. The van der Waals surface area contributed by atoms with Gasteiger partial charge in [0.1, 0.15) is 0 Å². The fourth-order valence-electron chi connectivity index (χ4n) is 10.1. The number of benzene rings is 10. The van der Waals surface area contributed by atoms with Crippen molar-refractivity contribution in [3.8, 4) is 11.4 Å². The van der Waals surface area contributed by atoms with Gasteiger partial charge < -0.3 is 14.0 Å². The van der Waals surface area contributed by atoms with E-state index in [1.54, 1.807) is 0 Å².